The van der Waals surface area contributed by atoms with Gasteiger partial charge in [-0.3, -0.25) is 4.98 Å². The van der Waals surface area contributed by atoms with E-state index < -0.39 is 0 Å². The Balaban J connectivity index is 1.89. The molecule has 0 radical (unpaired) electrons. The smallest absolute Gasteiger partial charge is 0.0590 e. The van der Waals surface area contributed by atoms with Crippen molar-refractivity contribution in [3.8, 4) is 0 Å². The minimum Gasteiger partial charge on any atom is -0.380 e. The van der Waals surface area contributed by atoms with Crippen LogP contribution >= 0.6 is 0 Å². The van der Waals surface area contributed by atoms with Gasteiger partial charge < -0.3 is 10.1 Å². The van der Waals surface area contributed by atoms with Crippen molar-refractivity contribution in [3.05, 3.63) is 30.1 Å². The van der Waals surface area contributed by atoms with Crippen LogP contribution in [0.1, 0.15) is 25.3 Å². The molecule has 1 rings (SSSR count). The molecule has 0 aliphatic rings. The molecule has 0 aliphatic carbocycles. The SMILES string of the molecule is CCCCOCCNCCc1ccncc1. The number of nitrogens with zero attached hydrogens (tertiary/aromatic N) is 1. The minimum absolute atomic E-state index is 0.816. The van der Waals surface area contributed by atoms with Gasteiger partial charge in [0.2, 0.25) is 0 Å². The highest BCUT2D eigenvalue weighted by Gasteiger charge is 1.92. The largest absolute Gasteiger partial charge is 0.380 e. The zero-order valence-electron chi connectivity index (χ0n) is 10.1. The van der Waals surface area contributed by atoms with Crippen LogP contribution in [0.3, 0.4) is 0 Å². The molecule has 3 heteroatoms. The fraction of sp³-hybridized carbons (Fsp3) is 0.615. The molecule has 0 saturated carbocycles. The monoisotopic (exact) mass is 222 g/mol. The Morgan fingerprint density at radius 2 is 2.00 bits per heavy atom. The summed E-state index contributed by atoms with van der Waals surface area (Å²) in [5.41, 5.74) is 1.33. The maximum Gasteiger partial charge on any atom is 0.0590 e. The number of unbranched alkanes of at least 4 members (excludes halogenated alkanes) is 1. The van der Waals surface area contributed by atoms with Crippen molar-refractivity contribution in [3.63, 3.8) is 0 Å². The van der Waals surface area contributed by atoms with E-state index in [1.807, 2.05) is 12.4 Å². The van der Waals surface area contributed by atoms with Crippen LogP contribution in [0.4, 0.5) is 0 Å². The highest BCUT2D eigenvalue weighted by molar-refractivity contribution is 5.09. The third-order valence-corrected chi connectivity index (χ3v) is 2.41. The number of hydrogen-bond donors (Lipinski definition) is 1. The molecule has 90 valence electrons. The second-order valence-electron chi connectivity index (χ2n) is 3.82. The zero-order chi connectivity index (χ0) is 11.5. The van der Waals surface area contributed by atoms with Crippen LogP contribution in [0.15, 0.2) is 24.5 Å². The lowest BCUT2D eigenvalue weighted by molar-refractivity contribution is 0.133. The summed E-state index contributed by atoms with van der Waals surface area (Å²) in [7, 11) is 0. The standard InChI is InChI=1S/C13H22N2O/c1-2-3-11-16-12-10-15-9-6-13-4-7-14-8-5-13/h4-5,7-8,15H,2-3,6,9-12H2,1H3. The van der Waals surface area contributed by atoms with Gasteiger partial charge in [-0.25, -0.2) is 0 Å². The van der Waals surface area contributed by atoms with E-state index in [1.165, 1.54) is 12.0 Å². The lowest BCUT2D eigenvalue weighted by Crippen LogP contribution is -2.22. The first-order valence-electron chi connectivity index (χ1n) is 6.11. The van der Waals surface area contributed by atoms with Gasteiger partial charge in [0.1, 0.15) is 0 Å². The van der Waals surface area contributed by atoms with Crippen LogP contribution < -0.4 is 5.32 Å². The molecule has 0 atom stereocenters. The van der Waals surface area contributed by atoms with Crippen molar-refractivity contribution in [1.82, 2.24) is 10.3 Å². The number of ether oxygens (including phenoxy) is 1. The van der Waals surface area contributed by atoms with Crippen LogP contribution in [-0.4, -0.2) is 31.3 Å². The molecular formula is C13H22N2O. The topological polar surface area (TPSA) is 34.1 Å². The number of aromatic nitrogens is 1. The molecule has 1 aromatic rings. The molecule has 0 saturated heterocycles. The number of rotatable bonds is 9. The highest BCUT2D eigenvalue weighted by Crippen LogP contribution is 1.95. The second kappa shape index (κ2) is 9.31. The van der Waals surface area contributed by atoms with E-state index in [4.69, 9.17) is 4.74 Å². The molecule has 0 spiro atoms. The zero-order valence-corrected chi connectivity index (χ0v) is 10.1. The average molecular weight is 222 g/mol. The first-order chi connectivity index (χ1) is 7.93. The fourth-order valence-corrected chi connectivity index (χ4v) is 1.40. The Morgan fingerprint density at radius 1 is 1.19 bits per heavy atom. The fourth-order valence-electron chi connectivity index (χ4n) is 1.40. The molecule has 0 unspecified atom stereocenters. The van der Waals surface area contributed by atoms with Crippen LogP contribution in [0, 0.1) is 0 Å². The summed E-state index contributed by atoms with van der Waals surface area (Å²) < 4.78 is 5.45. The Bertz CT molecular complexity index is 251. The molecule has 1 N–H and O–H groups in total. The maximum atomic E-state index is 5.45. The van der Waals surface area contributed by atoms with Gasteiger partial charge >= 0.3 is 0 Å². The van der Waals surface area contributed by atoms with Crippen molar-refractivity contribution < 1.29 is 4.74 Å². The minimum atomic E-state index is 0.816. The molecule has 1 heterocycles. The Labute approximate surface area is 98.2 Å². The molecule has 1 aromatic heterocycles. The number of hydrogen-bond acceptors (Lipinski definition) is 3. The van der Waals surface area contributed by atoms with E-state index in [1.54, 1.807) is 0 Å². The predicted octanol–water partition coefficient (Wildman–Crippen LogP) is 2.03. The summed E-state index contributed by atoms with van der Waals surface area (Å²) in [6, 6.07) is 4.11. The van der Waals surface area contributed by atoms with Gasteiger partial charge in [0.25, 0.3) is 0 Å². The third-order valence-electron chi connectivity index (χ3n) is 2.41. The Hall–Kier alpha value is -0.930. The first kappa shape index (κ1) is 13.1. The van der Waals surface area contributed by atoms with Crippen LogP contribution in [-0.2, 0) is 11.2 Å². The summed E-state index contributed by atoms with van der Waals surface area (Å²) in [6.07, 6.45) is 7.09. The van der Waals surface area contributed by atoms with Gasteiger partial charge in [0.15, 0.2) is 0 Å². The van der Waals surface area contributed by atoms with E-state index in [-0.39, 0.29) is 0 Å². The van der Waals surface area contributed by atoms with Crippen molar-refractivity contribution in [2.45, 2.75) is 26.2 Å². The van der Waals surface area contributed by atoms with E-state index in [9.17, 15) is 0 Å². The molecule has 0 aliphatic heterocycles. The summed E-state index contributed by atoms with van der Waals surface area (Å²) in [4.78, 5) is 3.99. The van der Waals surface area contributed by atoms with Crippen LogP contribution in [0.5, 0.6) is 0 Å². The van der Waals surface area contributed by atoms with Gasteiger partial charge in [-0.15, -0.1) is 0 Å². The summed E-state index contributed by atoms with van der Waals surface area (Å²) in [5.74, 6) is 0. The van der Waals surface area contributed by atoms with E-state index in [2.05, 4.69) is 29.4 Å². The lowest BCUT2D eigenvalue weighted by Gasteiger charge is -2.05. The van der Waals surface area contributed by atoms with Crippen LogP contribution in [0.2, 0.25) is 0 Å². The van der Waals surface area contributed by atoms with Crippen LogP contribution in [0.25, 0.3) is 0 Å². The van der Waals surface area contributed by atoms with Gasteiger partial charge in [-0.05, 0) is 37.1 Å². The van der Waals surface area contributed by atoms with Gasteiger partial charge in [0.05, 0.1) is 6.61 Å². The molecule has 0 aromatic carbocycles. The Kier molecular flexibility index (Phi) is 7.64. The molecule has 0 fully saturated rings. The van der Waals surface area contributed by atoms with E-state index in [0.29, 0.717) is 0 Å². The van der Waals surface area contributed by atoms with Gasteiger partial charge in [-0.1, -0.05) is 13.3 Å². The summed E-state index contributed by atoms with van der Waals surface area (Å²) in [6.45, 7) is 5.82. The average Bonchev–Trinajstić information content (AvgIpc) is 2.34. The lowest BCUT2D eigenvalue weighted by atomic mass is 10.2. The normalized spacial score (nSPS) is 10.6. The Morgan fingerprint density at radius 3 is 2.75 bits per heavy atom. The predicted molar refractivity (Wildman–Crippen MR) is 66.5 cm³/mol. The van der Waals surface area contributed by atoms with E-state index >= 15 is 0 Å². The van der Waals surface area contributed by atoms with Crippen molar-refractivity contribution >= 4 is 0 Å². The van der Waals surface area contributed by atoms with Crippen molar-refractivity contribution in [2.24, 2.45) is 0 Å². The number of nitrogens with one attached hydrogen (secondary N) is 1. The van der Waals surface area contributed by atoms with Crippen molar-refractivity contribution in [1.29, 1.82) is 0 Å². The molecule has 0 bridgehead atoms. The summed E-state index contributed by atoms with van der Waals surface area (Å²) >= 11 is 0. The van der Waals surface area contributed by atoms with E-state index in [0.717, 1.165) is 39.1 Å². The van der Waals surface area contributed by atoms with Gasteiger partial charge in [-0.2, -0.15) is 0 Å². The number of pyridine rings is 1. The quantitative estimate of drug-likeness (QED) is 0.649. The third kappa shape index (κ3) is 6.53. The molecular weight excluding hydrogens is 200 g/mol. The second-order valence-corrected chi connectivity index (χ2v) is 3.82. The first-order valence-corrected chi connectivity index (χ1v) is 6.11. The van der Waals surface area contributed by atoms with Crippen molar-refractivity contribution in [2.75, 3.05) is 26.3 Å². The molecule has 0 amide bonds. The molecule has 3 nitrogen and oxygen atoms in total. The highest BCUT2D eigenvalue weighted by atomic mass is 16.5. The van der Waals surface area contributed by atoms with Gasteiger partial charge in [0, 0.05) is 25.5 Å². The maximum absolute atomic E-state index is 5.45. The summed E-state index contributed by atoms with van der Waals surface area (Å²) in [5, 5.41) is 3.37. The molecule has 16 heavy (non-hydrogen) atoms.